The van der Waals surface area contributed by atoms with E-state index in [0.29, 0.717) is 34.4 Å². The molecule has 0 spiro atoms. The minimum absolute atomic E-state index is 0.206. The van der Waals surface area contributed by atoms with Crippen molar-refractivity contribution in [2.45, 2.75) is 25.4 Å². The molecule has 2 aromatic carbocycles. The molecule has 0 fully saturated rings. The van der Waals surface area contributed by atoms with E-state index in [2.05, 4.69) is 10.4 Å². The molecule has 2 heterocycles. The first-order valence-corrected chi connectivity index (χ1v) is 10.1. The lowest BCUT2D eigenvalue weighted by atomic mass is 10.0. The molecule has 0 atom stereocenters. The number of benzene rings is 2. The molecule has 0 saturated heterocycles. The van der Waals surface area contributed by atoms with Gasteiger partial charge in [-0.2, -0.15) is 18.3 Å². The van der Waals surface area contributed by atoms with E-state index in [0.717, 1.165) is 37.1 Å². The number of hydrogen-bond acceptors (Lipinski definition) is 3. The fraction of sp³-hybridized carbons (Fsp3) is 0.286. The lowest BCUT2D eigenvalue weighted by molar-refractivity contribution is -0.137. The number of ether oxygens (including phenoxy) is 1. The first-order valence-electron chi connectivity index (χ1n) is 9.36. The van der Waals surface area contributed by atoms with Crippen molar-refractivity contribution in [3.05, 3.63) is 57.6 Å². The first kappa shape index (κ1) is 20.9. The Balaban J connectivity index is 1.97. The van der Waals surface area contributed by atoms with Crippen LogP contribution in [-0.2, 0) is 12.6 Å². The molecule has 0 saturated carbocycles. The van der Waals surface area contributed by atoms with E-state index in [1.54, 1.807) is 22.9 Å². The summed E-state index contributed by atoms with van der Waals surface area (Å²) < 4.78 is 47.1. The third-order valence-electron chi connectivity index (χ3n) is 5.05. The number of aromatic nitrogens is 2. The number of anilines is 1. The van der Waals surface area contributed by atoms with Gasteiger partial charge in [-0.15, -0.1) is 0 Å². The van der Waals surface area contributed by atoms with E-state index >= 15 is 0 Å². The second-order valence-electron chi connectivity index (χ2n) is 6.98. The van der Waals surface area contributed by atoms with Crippen molar-refractivity contribution < 1.29 is 17.9 Å². The molecule has 3 aromatic rings. The number of rotatable bonds is 3. The fourth-order valence-corrected chi connectivity index (χ4v) is 3.98. The van der Waals surface area contributed by atoms with Gasteiger partial charge in [-0.25, -0.2) is 4.68 Å². The Morgan fingerprint density at radius 1 is 1.10 bits per heavy atom. The van der Waals surface area contributed by atoms with E-state index in [1.807, 2.05) is 0 Å². The zero-order chi connectivity index (χ0) is 21.5. The molecule has 4 rings (SSSR count). The molecule has 158 valence electrons. The number of nitrogens with zero attached hydrogens (tertiary/aromatic N) is 2. The summed E-state index contributed by atoms with van der Waals surface area (Å²) >= 11 is 12.5. The van der Waals surface area contributed by atoms with Gasteiger partial charge >= 0.3 is 6.18 Å². The Morgan fingerprint density at radius 2 is 1.90 bits per heavy atom. The molecule has 0 aliphatic carbocycles. The molecule has 0 radical (unpaired) electrons. The average molecular weight is 456 g/mol. The van der Waals surface area contributed by atoms with Gasteiger partial charge in [0, 0.05) is 22.7 Å². The standard InChI is InChI=1S/C21H18Cl2F3N3O/c1-30-18-8-6-13(22)11-17(18)29-20-14(4-2-3-9-27-20)19(28-29)15-10-12(21(24,25)26)5-7-16(15)23/h5-8,10-11,27H,2-4,9H2,1H3. The summed E-state index contributed by atoms with van der Waals surface area (Å²) in [6.07, 6.45) is -2.01. The molecule has 1 aromatic heterocycles. The lowest BCUT2D eigenvalue weighted by Crippen LogP contribution is -2.08. The van der Waals surface area contributed by atoms with Crippen LogP contribution in [0.25, 0.3) is 16.9 Å². The van der Waals surface area contributed by atoms with Crippen molar-refractivity contribution >= 4 is 29.0 Å². The third-order valence-corrected chi connectivity index (χ3v) is 5.61. The van der Waals surface area contributed by atoms with Crippen LogP contribution >= 0.6 is 23.2 Å². The van der Waals surface area contributed by atoms with Gasteiger partial charge in [-0.3, -0.25) is 0 Å². The van der Waals surface area contributed by atoms with Gasteiger partial charge in [-0.05, 0) is 55.7 Å². The predicted octanol–water partition coefficient (Wildman–Crippen LogP) is 6.62. The summed E-state index contributed by atoms with van der Waals surface area (Å²) in [5.41, 5.74) is 1.29. The van der Waals surface area contributed by atoms with E-state index in [-0.39, 0.29) is 10.6 Å². The number of fused-ring (bicyclic) bond motifs is 1. The number of nitrogens with one attached hydrogen (secondary N) is 1. The van der Waals surface area contributed by atoms with Gasteiger partial charge in [0.1, 0.15) is 17.3 Å². The van der Waals surface area contributed by atoms with Gasteiger partial charge in [-0.1, -0.05) is 23.2 Å². The van der Waals surface area contributed by atoms with Gasteiger partial charge in [0.05, 0.1) is 23.4 Å². The molecule has 1 aliphatic heterocycles. The number of methoxy groups -OCH3 is 1. The predicted molar refractivity (Wildman–Crippen MR) is 112 cm³/mol. The number of halogens is 5. The van der Waals surface area contributed by atoms with Crippen LogP contribution in [0.1, 0.15) is 24.0 Å². The maximum Gasteiger partial charge on any atom is 0.416 e. The number of alkyl halides is 3. The summed E-state index contributed by atoms with van der Waals surface area (Å²) in [7, 11) is 1.53. The normalized spacial score (nSPS) is 14.1. The van der Waals surface area contributed by atoms with Crippen molar-refractivity contribution in [3.63, 3.8) is 0 Å². The van der Waals surface area contributed by atoms with Gasteiger partial charge in [0.2, 0.25) is 0 Å². The third kappa shape index (κ3) is 3.84. The van der Waals surface area contributed by atoms with Crippen LogP contribution in [0.15, 0.2) is 36.4 Å². The van der Waals surface area contributed by atoms with Crippen LogP contribution in [0, 0.1) is 0 Å². The molecule has 1 N–H and O–H groups in total. The Morgan fingerprint density at radius 3 is 2.63 bits per heavy atom. The Bertz CT molecular complexity index is 1100. The van der Waals surface area contributed by atoms with E-state index in [4.69, 9.17) is 27.9 Å². The molecule has 4 nitrogen and oxygen atoms in total. The molecule has 0 unspecified atom stereocenters. The zero-order valence-corrected chi connectivity index (χ0v) is 17.5. The van der Waals surface area contributed by atoms with Crippen LogP contribution in [0.4, 0.5) is 19.0 Å². The summed E-state index contributed by atoms with van der Waals surface area (Å²) in [6.45, 7) is 0.720. The largest absolute Gasteiger partial charge is 0.494 e. The monoisotopic (exact) mass is 455 g/mol. The minimum Gasteiger partial charge on any atom is -0.494 e. The van der Waals surface area contributed by atoms with Gasteiger partial charge in [0.15, 0.2) is 0 Å². The molecule has 9 heteroatoms. The molecular formula is C21H18Cl2F3N3O. The summed E-state index contributed by atoms with van der Waals surface area (Å²) in [5, 5.41) is 8.72. The first-order chi connectivity index (χ1) is 14.3. The Kier molecular flexibility index (Phi) is 5.59. The van der Waals surface area contributed by atoms with Crippen molar-refractivity contribution in [1.29, 1.82) is 0 Å². The SMILES string of the molecule is COc1ccc(Cl)cc1-n1nc(-c2cc(C(F)(F)F)ccc2Cl)c2c1NCCCC2. The molecule has 1 aliphatic rings. The fourth-order valence-electron chi connectivity index (χ4n) is 3.60. The smallest absolute Gasteiger partial charge is 0.416 e. The minimum atomic E-state index is -4.48. The second kappa shape index (κ2) is 8.04. The van der Waals surface area contributed by atoms with Crippen LogP contribution < -0.4 is 10.1 Å². The highest BCUT2D eigenvalue weighted by molar-refractivity contribution is 6.33. The highest BCUT2D eigenvalue weighted by atomic mass is 35.5. The molecule has 30 heavy (non-hydrogen) atoms. The molecular weight excluding hydrogens is 438 g/mol. The molecule has 0 bridgehead atoms. The van der Waals surface area contributed by atoms with Crippen LogP contribution in [0.5, 0.6) is 5.75 Å². The quantitative estimate of drug-likeness (QED) is 0.482. The maximum atomic E-state index is 13.3. The lowest BCUT2D eigenvalue weighted by Gasteiger charge is -2.13. The second-order valence-corrected chi connectivity index (χ2v) is 7.82. The van der Waals surface area contributed by atoms with Crippen molar-refractivity contribution in [2.24, 2.45) is 0 Å². The highest BCUT2D eigenvalue weighted by Gasteiger charge is 2.32. The highest BCUT2D eigenvalue weighted by Crippen LogP contribution is 2.41. The van der Waals surface area contributed by atoms with Crippen molar-refractivity contribution in [2.75, 3.05) is 19.0 Å². The summed E-state index contributed by atoms with van der Waals surface area (Å²) in [4.78, 5) is 0. The summed E-state index contributed by atoms with van der Waals surface area (Å²) in [5.74, 6) is 1.24. The van der Waals surface area contributed by atoms with Gasteiger partial charge < -0.3 is 10.1 Å². The Hall–Kier alpha value is -2.38. The van der Waals surface area contributed by atoms with Crippen molar-refractivity contribution in [3.8, 4) is 22.7 Å². The van der Waals surface area contributed by atoms with E-state index in [9.17, 15) is 13.2 Å². The number of hydrogen-bond donors (Lipinski definition) is 1. The maximum absolute atomic E-state index is 13.3. The topological polar surface area (TPSA) is 39.1 Å². The van der Waals surface area contributed by atoms with Gasteiger partial charge in [0.25, 0.3) is 0 Å². The molecule has 0 amide bonds. The van der Waals surface area contributed by atoms with Crippen LogP contribution in [-0.4, -0.2) is 23.4 Å². The van der Waals surface area contributed by atoms with E-state index in [1.165, 1.54) is 13.2 Å². The van der Waals surface area contributed by atoms with E-state index < -0.39 is 11.7 Å². The Labute approximate surface area is 181 Å². The average Bonchev–Trinajstić information content (AvgIpc) is 2.88. The van der Waals surface area contributed by atoms with Crippen LogP contribution in [0.2, 0.25) is 10.0 Å². The summed E-state index contributed by atoms with van der Waals surface area (Å²) in [6, 6.07) is 8.41. The van der Waals surface area contributed by atoms with Crippen molar-refractivity contribution in [1.82, 2.24) is 9.78 Å². The zero-order valence-electron chi connectivity index (χ0n) is 16.0. The van der Waals surface area contributed by atoms with Crippen LogP contribution in [0.3, 0.4) is 0 Å².